The number of allylic oxidation sites excluding steroid dienone is 1. The van der Waals surface area contributed by atoms with Crippen LogP contribution in [0.2, 0.25) is 0 Å². The SMILES string of the molecule is O=C1Nc2cnc(F)cc2N2CCN(C/C=C\CC3(CC3)CNc3nccc1n3)CC2. The Balaban J connectivity index is 1.45. The molecule has 1 saturated heterocycles. The maximum atomic E-state index is 13.9. The largest absolute Gasteiger partial charge is 0.367 e. The molecule has 2 aromatic heterocycles. The van der Waals surface area contributed by atoms with Crippen LogP contribution in [0.5, 0.6) is 0 Å². The van der Waals surface area contributed by atoms with Crippen LogP contribution in [0, 0.1) is 11.4 Å². The van der Waals surface area contributed by atoms with Crippen LogP contribution in [0.1, 0.15) is 29.8 Å². The van der Waals surface area contributed by atoms with Gasteiger partial charge in [-0.1, -0.05) is 12.2 Å². The van der Waals surface area contributed by atoms with Gasteiger partial charge in [0.2, 0.25) is 11.9 Å². The number of hydrogen-bond acceptors (Lipinski definition) is 7. The number of hydrogen-bond donors (Lipinski definition) is 2. The summed E-state index contributed by atoms with van der Waals surface area (Å²) in [5, 5.41) is 6.16. The van der Waals surface area contributed by atoms with Crippen molar-refractivity contribution >= 4 is 23.2 Å². The van der Waals surface area contributed by atoms with Crippen LogP contribution >= 0.6 is 0 Å². The molecule has 4 bridgehead atoms. The molecule has 0 aromatic carbocycles. The topological polar surface area (TPSA) is 86.3 Å². The zero-order chi connectivity index (χ0) is 21.3. The van der Waals surface area contributed by atoms with Crippen LogP contribution in [0.25, 0.3) is 0 Å². The number of carbonyl (C=O) groups excluding carboxylic acids is 1. The summed E-state index contributed by atoms with van der Waals surface area (Å²) in [6.07, 6.45) is 10.9. The number of amides is 1. The predicted molar refractivity (Wildman–Crippen MR) is 117 cm³/mol. The molecule has 8 nitrogen and oxygen atoms in total. The van der Waals surface area contributed by atoms with Crippen LogP contribution in [-0.2, 0) is 0 Å². The normalized spacial score (nSPS) is 22.1. The summed E-state index contributed by atoms with van der Waals surface area (Å²) in [5.74, 6) is -0.498. The van der Waals surface area contributed by atoms with Crippen molar-refractivity contribution in [2.75, 3.05) is 54.8 Å². The number of nitrogens with one attached hydrogen (secondary N) is 2. The summed E-state index contributed by atoms with van der Waals surface area (Å²) < 4.78 is 13.9. The van der Waals surface area contributed by atoms with E-state index in [1.165, 1.54) is 25.1 Å². The van der Waals surface area contributed by atoms with Gasteiger partial charge in [-0.2, -0.15) is 4.39 Å². The summed E-state index contributed by atoms with van der Waals surface area (Å²) in [6.45, 7) is 4.97. The van der Waals surface area contributed by atoms with Crippen LogP contribution in [0.4, 0.5) is 21.7 Å². The highest BCUT2D eigenvalue weighted by molar-refractivity contribution is 6.04. The quantitative estimate of drug-likeness (QED) is 0.497. The van der Waals surface area contributed by atoms with Crippen molar-refractivity contribution in [3.63, 3.8) is 0 Å². The molecular formula is C22H26FN7O. The van der Waals surface area contributed by atoms with E-state index in [4.69, 9.17) is 0 Å². The molecule has 1 amide bonds. The van der Waals surface area contributed by atoms with Crippen molar-refractivity contribution in [3.8, 4) is 0 Å². The van der Waals surface area contributed by atoms with Crippen LogP contribution in [-0.4, -0.2) is 65.0 Å². The summed E-state index contributed by atoms with van der Waals surface area (Å²) >= 11 is 0. The second-order valence-electron chi connectivity index (χ2n) is 8.56. The van der Waals surface area contributed by atoms with Gasteiger partial charge in [0.05, 0.1) is 17.6 Å². The van der Waals surface area contributed by atoms with Crippen molar-refractivity contribution in [1.29, 1.82) is 0 Å². The molecule has 9 heteroatoms. The van der Waals surface area contributed by atoms with Crippen LogP contribution in [0.15, 0.2) is 36.7 Å². The van der Waals surface area contributed by atoms with Gasteiger partial charge in [-0.15, -0.1) is 0 Å². The molecule has 6 rings (SSSR count). The summed E-state index contributed by atoms with van der Waals surface area (Å²) in [6, 6.07) is 2.95. The van der Waals surface area contributed by atoms with E-state index in [-0.39, 0.29) is 17.0 Å². The summed E-state index contributed by atoms with van der Waals surface area (Å²) in [7, 11) is 0. The van der Waals surface area contributed by atoms with E-state index < -0.39 is 5.95 Å². The molecule has 0 unspecified atom stereocenters. The summed E-state index contributed by atoms with van der Waals surface area (Å²) in [5.41, 5.74) is 1.63. The Morgan fingerprint density at radius 2 is 1.94 bits per heavy atom. The average Bonchev–Trinajstić information content (AvgIpc) is 3.57. The molecule has 0 radical (unpaired) electrons. The fourth-order valence-electron chi connectivity index (χ4n) is 4.16. The number of nitrogens with zero attached hydrogens (tertiary/aromatic N) is 5. The Morgan fingerprint density at radius 1 is 1.10 bits per heavy atom. The van der Waals surface area contributed by atoms with Gasteiger partial charge in [0.15, 0.2) is 0 Å². The fourth-order valence-corrected chi connectivity index (χ4v) is 4.16. The highest BCUT2D eigenvalue weighted by Crippen LogP contribution is 2.49. The Labute approximate surface area is 180 Å². The van der Waals surface area contributed by atoms with E-state index in [9.17, 15) is 9.18 Å². The number of anilines is 3. The van der Waals surface area contributed by atoms with Crippen molar-refractivity contribution in [2.24, 2.45) is 5.41 Å². The predicted octanol–water partition coefficient (Wildman–Crippen LogP) is 2.54. The molecule has 5 heterocycles. The first kappa shape index (κ1) is 19.9. The lowest BCUT2D eigenvalue weighted by Gasteiger charge is -2.36. The Hall–Kier alpha value is -3.07. The smallest absolute Gasteiger partial charge is 0.274 e. The van der Waals surface area contributed by atoms with Gasteiger partial charge in [0, 0.05) is 51.5 Å². The third-order valence-electron chi connectivity index (χ3n) is 6.36. The lowest BCUT2D eigenvalue weighted by atomic mass is 10.0. The van der Waals surface area contributed by atoms with Gasteiger partial charge in [-0.05, 0) is 30.7 Å². The first-order chi connectivity index (χ1) is 15.1. The molecule has 4 aliphatic rings. The molecule has 2 aromatic rings. The van der Waals surface area contributed by atoms with E-state index in [1.54, 1.807) is 12.3 Å². The average molecular weight is 423 g/mol. The number of pyridine rings is 1. The molecule has 2 fully saturated rings. The van der Waals surface area contributed by atoms with E-state index in [0.29, 0.717) is 17.3 Å². The highest BCUT2D eigenvalue weighted by atomic mass is 19.1. The Morgan fingerprint density at radius 3 is 2.74 bits per heavy atom. The van der Waals surface area contributed by atoms with Crippen molar-refractivity contribution < 1.29 is 9.18 Å². The maximum absolute atomic E-state index is 13.9. The number of piperazine rings is 1. The number of fused-ring (bicyclic) bond motifs is 6. The molecule has 1 aliphatic carbocycles. The maximum Gasteiger partial charge on any atom is 0.274 e. The second kappa shape index (κ2) is 8.22. The van der Waals surface area contributed by atoms with Crippen LogP contribution < -0.4 is 15.5 Å². The minimum absolute atomic E-state index is 0.253. The molecule has 1 saturated carbocycles. The van der Waals surface area contributed by atoms with Gasteiger partial charge in [-0.25, -0.2) is 15.0 Å². The standard InChI is InChI=1S/C22H26FN7O/c23-19-13-18-17(14-25-19)27-20(31)16-3-7-24-21(28-16)26-15-22(5-6-22)4-1-2-8-29-9-11-30(18)12-10-29/h1-3,7,13-14H,4-6,8-12,15H2,(H,27,31)(H,24,26,28)/b2-1-. The lowest BCUT2D eigenvalue weighted by molar-refractivity contribution is 0.102. The molecule has 2 N–H and O–H groups in total. The van der Waals surface area contributed by atoms with Crippen molar-refractivity contribution in [1.82, 2.24) is 19.9 Å². The number of halogens is 1. The minimum Gasteiger partial charge on any atom is -0.367 e. The fraction of sp³-hybridized carbons (Fsp3) is 0.455. The minimum atomic E-state index is -0.567. The Bertz CT molecular complexity index is 999. The number of rotatable bonds is 0. The number of carbonyl (C=O) groups is 1. The lowest BCUT2D eigenvalue weighted by Crippen LogP contribution is -2.46. The van der Waals surface area contributed by atoms with Crippen molar-refractivity contribution in [3.05, 3.63) is 48.3 Å². The molecule has 1 spiro atoms. The van der Waals surface area contributed by atoms with Gasteiger partial charge >= 0.3 is 0 Å². The van der Waals surface area contributed by atoms with Gasteiger partial charge < -0.3 is 15.5 Å². The van der Waals surface area contributed by atoms with Gasteiger partial charge in [0.1, 0.15) is 5.69 Å². The van der Waals surface area contributed by atoms with E-state index >= 15 is 0 Å². The third kappa shape index (κ3) is 4.51. The zero-order valence-electron chi connectivity index (χ0n) is 17.4. The molecule has 0 atom stereocenters. The first-order valence-electron chi connectivity index (χ1n) is 10.8. The molecule has 31 heavy (non-hydrogen) atoms. The van der Waals surface area contributed by atoms with Crippen LogP contribution in [0.3, 0.4) is 0 Å². The first-order valence-corrected chi connectivity index (χ1v) is 10.8. The third-order valence-corrected chi connectivity index (χ3v) is 6.36. The van der Waals surface area contributed by atoms with E-state index in [0.717, 1.165) is 45.7 Å². The van der Waals surface area contributed by atoms with Gasteiger partial charge in [0.25, 0.3) is 5.91 Å². The Kier molecular flexibility index (Phi) is 5.27. The number of aromatic nitrogens is 3. The van der Waals surface area contributed by atoms with E-state index in [1.807, 2.05) is 0 Å². The second-order valence-corrected chi connectivity index (χ2v) is 8.56. The molecule has 3 aliphatic heterocycles. The van der Waals surface area contributed by atoms with Crippen molar-refractivity contribution in [2.45, 2.75) is 19.3 Å². The van der Waals surface area contributed by atoms with E-state index in [2.05, 4.69) is 47.5 Å². The zero-order valence-corrected chi connectivity index (χ0v) is 17.4. The summed E-state index contributed by atoms with van der Waals surface area (Å²) in [4.78, 5) is 29.7. The highest BCUT2D eigenvalue weighted by Gasteiger charge is 2.41. The molecular weight excluding hydrogens is 397 g/mol. The van der Waals surface area contributed by atoms with Gasteiger partial charge in [-0.3, -0.25) is 9.69 Å². The monoisotopic (exact) mass is 423 g/mol. The molecule has 162 valence electrons.